The quantitative estimate of drug-likeness (QED) is 0.884. The van der Waals surface area contributed by atoms with Gasteiger partial charge in [-0.1, -0.05) is 30.9 Å². The van der Waals surface area contributed by atoms with Gasteiger partial charge >= 0.3 is 0 Å². The molecule has 0 unspecified atom stereocenters. The lowest BCUT2D eigenvalue weighted by atomic mass is 9.73. The SMILES string of the molecule is NCC1(C(=O)Nc2ccc(Cl)cn2)CCCCC1. The summed E-state index contributed by atoms with van der Waals surface area (Å²) in [4.78, 5) is 16.4. The summed E-state index contributed by atoms with van der Waals surface area (Å²) >= 11 is 5.76. The molecule has 2 rings (SSSR count). The summed E-state index contributed by atoms with van der Waals surface area (Å²) in [5, 5.41) is 3.40. The van der Waals surface area contributed by atoms with Crippen LogP contribution in [0.25, 0.3) is 0 Å². The molecule has 1 saturated carbocycles. The van der Waals surface area contributed by atoms with Crippen LogP contribution in [0.1, 0.15) is 32.1 Å². The number of hydrogen-bond acceptors (Lipinski definition) is 3. The zero-order valence-corrected chi connectivity index (χ0v) is 11.0. The number of nitrogens with one attached hydrogen (secondary N) is 1. The first-order chi connectivity index (χ1) is 8.66. The van der Waals surface area contributed by atoms with Crippen LogP contribution in [0.4, 0.5) is 5.82 Å². The molecule has 0 aromatic carbocycles. The van der Waals surface area contributed by atoms with Crippen molar-refractivity contribution in [3.05, 3.63) is 23.4 Å². The molecule has 1 aromatic rings. The maximum Gasteiger partial charge on any atom is 0.233 e. The highest BCUT2D eigenvalue weighted by molar-refractivity contribution is 6.30. The Hall–Kier alpha value is -1.13. The van der Waals surface area contributed by atoms with Gasteiger partial charge in [0.05, 0.1) is 10.4 Å². The number of rotatable bonds is 3. The second kappa shape index (κ2) is 5.67. The minimum Gasteiger partial charge on any atom is -0.329 e. The lowest BCUT2D eigenvalue weighted by molar-refractivity contribution is -0.126. The summed E-state index contributed by atoms with van der Waals surface area (Å²) in [7, 11) is 0. The molecular weight excluding hydrogens is 250 g/mol. The molecule has 4 nitrogen and oxygen atoms in total. The van der Waals surface area contributed by atoms with Crippen LogP contribution in [0.5, 0.6) is 0 Å². The molecule has 1 aliphatic carbocycles. The van der Waals surface area contributed by atoms with E-state index in [2.05, 4.69) is 10.3 Å². The highest BCUT2D eigenvalue weighted by atomic mass is 35.5. The number of pyridine rings is 1. The van der Waals surface area contributed by atoms with Crippen LogP contribution in [0.2, 0.25) is 5.02 Å². The molecule has 1 aromatic heterocycles. The predicted molar refractivity (Wildman–Crippen MR) is 72.4 cm³/mol. The van der Waals surface area contributed by atoms with Gasteiger partial charge in [-0.3, -0.25) is 4.79 Å². The maximum absolute atomic E-state index is 12.3. The molecule has 18 heavy (non-hydrogen) atoms. The molecule has 0 spiro atoms. The minimum absolute atomic E-state index is 0.0143. The summed E-state index contributed by atoms with van der Waals surface area (Å²) in [6.07, 6.45) is 6.57. The fourth-order valence-electron chi connectivity index (χ4n) is 2.45. The fourth-order valence-corrected chi connectivity index (χ4v) is 2.56. The first kappa shape index (κ1) is 13.3. The van der Waals surface area contributed by atoms with Gasteiger partial charge in [0, 0.05) is 12.7 Å². The van der Waals surface area contributed by atoms with Gasteiger partial charge in [-0.25, -0.2) is 4.98 Å². The molecule has 0 bridgehead atoms. The van der Waals surface area contributed by atoms with Gasteiger partial charge in [0.2, 0.25) is 5.91 Å². The largest absolute Gasteiger partial charge is 0.329 e. The lowest BCUT2D eigenvalue weighted by Crippen LogP contribution is -2.43. The van der Waals surface area contributed by atoms with E-state index in [0.717, 1.165) is 25.7 Å². The molecule has 0 saturated heterocycles. The number of nitrogens with two attached hydrogens (primary N) is 1. The molecule has 5 heteroatoms. The van der Waals surface area contributed by atoms with E-state index in [1.807, 2.05) is 0 Å². The Labute approximate surface area is 112 Å². The van der Waals surface area contributed by atoms with Gasteiger partial charge in [0.1, 0.15) is 5.82 Å². The highest BCUT2D eigenvalue weighted by Crippen LogP contribution is 2.36. The van der Waals surface area contributed by atoms with Crippen molar-refractivity contribution < 1.29 is 4.79 Å². The van der Waals surface area contributed by atoms with Crippen LogP contribution >= 0.6 is 11.6 Å². The van der Waals surface area contributed by atoms with Crippen molar-refractivity contribution in [1.82, 2.24) is 4.98 Å². The standard InChI is InChI=1S/C13H18ClN3O/c14-10-4-5-11(16-8-10)17-12(18)13(9-15)6-2-1-3-7-13/h4-5,8H,1-3,6-7,9,15H2,(H,16,17,18). The zero-order valence-electron chi connectivity index (χ0n) is 10.3. The Morgan fingerprint density at radius 1 is 1.39 bits per heavy atom. The normalized spacial score (nSPS) is 18.3. The van der Waals surface area contributed by atoms with Gasteiger partial charge in [0.15, 0.2) is 0 Å². The van der Waals surface area contributed by atoms with Gasteiger partial charge < -0.3 is 11.1 Å². The number of nitrogens with zero attached hydrogens (tertiary/aromatic N) is 1. The van der Waals surface area contributed by atoms with E-state index in [0.29, 0.717) is 17.4 Å². The first-order valence-electron chi connectivity index (χ1n) is 6.29. The van der Waals surface area contributed by atoms with E-state index in [1.54, 1.807) is 12.1 Å². The van der Waals surface area contributed by atoms with Gasteiger partial charge in [-0.2, -0.15) is 0 Å². The Bertz CT molecular complexity index is 413. The summed E-state index contributed by atoms with van der Waals surface area (Å²) in [5.74, 6) is 0.516. The number of carbonyl (C=O) groups excluding carboxylic acids is 1. The number of anilines is 1. The average molecular weight is 268 g/mol. The van der Waals surface area contributed by atoms with E-state index in [4.69, 9.17) is 17.3 Å². The Morgan fingerprint density at radius 3 is 2.67 bits per heavy atom. The number of hydrogen-bond donors (Lipinski definition) is 2. The first-order valence-corrected chi connectivity index (χ1v) is 6.67. The monoisotopic (exact) mass is 267 g/mol. The summed E-state index contributed by atoms with van der Waals surface area (Å²) in [6.45, 7) is 0.395. The van der Waals surface area contributed by atoms with E-state index in [1.165, 1.54) is 12.6 Å². The van der Waals surface area contributed by atoms with Gasteiger partial charge in [0.25, 0.3) is 0 Å². The Morgan fingerprint density at radius 2 is 2.11 bits per heavy atom. The molecule has 0 radical (unpaired) electrons. The minimum atomic E-state index is -0.417. The van der Waals surface area contributed by atoms with Crippen LogP contribution in [0.15, 0.2) is 18.3 Å². The van der Waals surface area contributed by atoms with Crippen LogP contribution in [0.3, 0.4) is 0 Å². The topological polar surface area (TPSA) is 68.0 Å². The van der Waals surface area contributed by atoms with Crippen molar-refractivity contribution in [2.45, 2.75) is 32.1 Å². The average Bonchev–Trinajstić information content (AvgIpc) is 2.42. The Balaban J connectivity index is 2.07. The van der Waals surface area contributed by atoms with E-state index in [9.17, 15) is 4.79 Å². The van der Waals surface area contributed by atoms with Crippen LogP contribution < -0.4 is 11.1 Å². The third-order valence-electron chi connectivity index (χ3n) is 3.65. The fraction of sp³-hybridized carbons (Fsp3) is 0.538. The molecule has 3 N–H and O–H groups in total. The molecule has 1 fully saturated rings. The summed E-state index contributed by atoms with van der Waals surface area (Å²) in [6, 6.07) is 3.41. The number of aromatic nitrogens is 1. The maximum atomic E-state index is 12.3. The number of halogens is 1. The third kappa shape index (κ3) is 2.82. The van der Waals surface area contributed by atoms with Crippen molar-refractivity contribution in [2.75, 3.05) is 11.9 Å². The van der Waals surface area contributed by atoms with E-state index < -0.39 is 5.41 Å². The molecule has 1 heterocycles. The second-order valence-corrected chi connectivity index (χ2v) is 5.30. The molecular formula is C13H18ClN3O. The Kier molecular flexibility index (Phi) is 4.19. The summed E-state index contributed by atoms with van der Waals surface area (Å²) < 4.78 is 0. The lowest BCUT2D eigenvalue weighted by Gasteiger charge is -2.34. The zero-order chi connectivity index (χ0) is 13.0. The van der Waals surface area contributed by atoms with Crippen molar-refractivity contribution in [1.29, 1.82) is 0 Å². The van der Waals surface area contributed by atoms with Crippen LogP contribution in [-0.2, 0) is 4.79 Å². The molecule has 98 valence electrons. The molecule has 1 aliphatic rings. The van der Waals surface area contributed by atoms with E-state index >= 15 is 0 Å². The summed E-state index contributed by atoms with van der Waals surface area (Å²) in [5.41, 5.74) is 5.40. The van der Waals surface area contributed by atoms with Gasteiger partial charge in [-0.15, -0.1) is 0 Å². The van der Waals surface area contributed by atoms with Crippen molar-refractivity contribution in [3.8, 4) is 0 Å². The highest BCUT2D eigenvalue weighted by Gasteiger charge is 2.38. The van der Waals surface area contributed by atoms with Crippen molar-refractivity contribution >= 4 is 23.3 Å². The van der Waals surface area contributed by atoms with Crippen molar-refractivity contribution in [2.24, 2.45) is 11.1 Å². The third-order valence-corrected chi connectivity index (χ3v) is 3.88. The van der Waals surface area contributed by atoms with E-state index in [-0.39, 0.29) is 5.91 Å². The molecule has 0 atom stereocenters. The van der Waals surface area contributed by atoms with Crippen LogP contribution in [-0.4, -0.2) is 17.4 Å². The second-order valence-electron chi connectivity index (χ2n) is 4.86. The van der Waals surface area contributed by atoms with Crippen molar-refractivity contribution in [3.63, 3.8) is 0 Å². The number of amides is 1. The van der Waals surface area contributed by atoms with Gasteiger partial charge in [-0.05, 0) is 25.0 Å². The molecule has 1 amide bonds. The number of carbonyl (C=O) groups is 1. The van der Waals surface area contributed by atoms with Crippen LogP contribution in [0, 0.1) is 5.41 Å². The smallest absolute Gasteiger partial charge is 0.233 e. The predicted octanol–water partition coefficient (Wildman–Crippen LogP) is 2.58. The molecule has 0 aliphatic heterocycles.